The Balaban J connectivity index is 1.29. The average Bonchev–Trinajstić information content (AvgIpc) is 3.41. The molecule has 2 aromatic carbocycles. The van der Waals surface area contributed by atoms with Gasteiger partial charge in [-0.25, -0.2) is 4.39 Å². The molecule has 1 aliphatic heterocycles. The Labute approximate surface area is 237 Å². The highest BCUT2D eigenvalue weighted by Gasteiger charge is 2.28. The molecule has 2 aromatic heterocycles. The highest BCUT2D eigenvalue weighted by Crippen LogP contribution is 2.33. The van der Waals surface area contributed by atoms with Crippen LogP contribution in [0.25, 0.3) is 22.2 Å². The van der Waals surface area contributed by atoms with Crippen LogP contribution in [0.1, 0.15) is 46.9 Å². The van der Waals surface area contributed by atoms with E-state index in [0.717, 1.165) is 53.8 Å². The quantitative estimate of drug-likeness (QED) is 0.253. The second-order valence-electron chi connectivity index (χ2n) is 10.9. The van der Waals surface area contributed by atoms with E-state index in [4.69, 9.17) is 5.73 Å². The lowest BCUT2D eigenvalue weighted by Gasteiger charge is -2.30. The molecular formula is C32H33FN6O2. The number of allylic oxidation sites excluding steroid dienone is 2. The summed E-state index contributed by atoms with van der Waals surface area (Å²) in [5.41, 5.74) is 10.7. The summed E-state index contributed by atoms with van der Waals surface area (Å²) >= 11 is 0. The predicted octanol–water partition coefficient (Wildman–Crippen LogP) is 5.44. The van der Waals surface area contributed by atoms with Crippen LogP contribution in [0.2, 0.25) is 0 Å². The van der Waals surface area contributed by atoms with Crippen molar-refractivity contribution in [3.63, 3.8) is 0 Å². The highest BCUT2D eigenvalue weighted by atomic mass is 19.1. The molecule has 6 rings (SSSR count). The minimum atomic E-state index is -1.25. The Morgan fingerprint density at radius 3 is 2.68 bits per heavy atom. The normalized spacial score (nSPS) is 18.6. The molecule has 210 valence electrons. The van der Waals surface area contributed by atoms with Crippen LogP contribution in [-0.4, -0.2) is 51.5 Å². The number of rotatable bonds is 6. The fourth-order valence-electron chi connectivity index (χ4n) is 5.61. The van der Waals surface area contributed by atoms with Crippen LogP contribution in [0.4, 0.5) is 10.2 Å². The molecule has 2 aliphatic rings. The van der Waals surface area contributed by atoms with Crippen molar-refractivity contribution >= 4 is 22.6 Å². The van der Waals surface area contributed by atoms with Crippen LogP contribution in [0.3, 0.4) is 0 Å². The van der Waals surface area contributed by atoms with E-state index in [1.807, 2.05) is 55.5 Å². The van der Waals surface area contributed by atoms with Crippen molar-refractivity contribution in [2.24, 2.45) is 5.73 Å². The number of amides is 1. The molecule has 1 saturated heterocycles. The van der Waals surface area contributed by atoms with Gasteiger partial charge in [0, 0.05) is 53.5 Å². The lowest BCUT2D eigenvalue weighted by Crippen LogP contribution is -2.40. The van der Waals surface area contributed by atoms with Crippen molar-refractivity contribution in [1.82, 2.24) is 20.5 Å². The summed E-state index contributed by atoms with van der Waals surface area (Å²) in [5.74, 6) is 0.421. The van der Waals surface area contributed by atoms with E-state index < -0.39 is 12.2 Å². The molecule has 0 saturated carbocycles. The topological polar surface area (TPSA) is 120 Å². The summed E-state index contributed by atoms with van der Waals surface area (Å²) < 4.78 is 14.4. The molecule has 1 aliphatic carbocycles. The SMILES string of the molecule is Cc1cc(C(=O)N[C@H](C2=C(O)C=CC(F)C2)c2cc3ccccc3[nH]2)cc(-c2ccc(N3CCC(N)CC3)nn2)c1. The molecule has 0 bridgehead atoms. The van der Waals surface area contributed by atoms with Gasteiger partial charge >= 0.3 is 0 Å². The molecule has 0 spiro atoms. The number of aliphatic hydroxyl groups excluding tert-OH is 1. The minimum absolute atomic E-state index is 0.0212. The fourth-order valence-corrected chi connectivity index (χ4v) is 5.61. The highest BCUT2D eigenvalue weighted by molar-refractivity contribution is 5.96. The molecule has 8 nitrogen and oxygen atoms in total. The maximum atomic E-state index is 14.4. The maximum Gasteiger partial charge on any atom is 0.252 e. The molecular weight excluding hydrogens is 519 g/mol. The number of anilines is 1. The molecule has 1 unspecified atom stereocenters. The predicted molar refractivity (Wildman–Crippen MR) is 158 cm³/mol. The number of nitrogens with one attached hydrogen (secondary N) is 2. The third-order valence-electron chi connectivity index (χ3n) is 7.84. The van der Waals surface area contributed by atoms with Crippen molar-refractivity contribution in [2.45, 2.75) is 44.4 Å². The van der Waals surface area contributed by atoms with Gasteiger partial charge in [-0.05, 0) is 85.3 Å². The first kappa shape index (κ1) is 26.7. The summed E-state index contributed by atoms with van der Waals surface area (Å²) in [5, 5.41) is 23.6. The fraction of sp³-hybridized carbons (Fsp3) is 0.281. The number of nitrogens with zero attached hydrogens (tertiary/aromatic N) is 3. The Bertz CT molecular complexity index is 1600. The zero-order valence-electron chi connectivity index (χ0n) is 22.8. The van der Waals surface area contributed by atoms with E-state index in [2.05, 4.69) is 25.4 Å². The summed E-state index contributed by atoms with van der Waals surface area (Å²) in [4.78, 5) is 19.2. The minimum Gasteiger partial charge on any atom is -0.508 e. The van der Waals surface area contributed by atoms with Gasteiger partial charge in [0.25, 0.3) is 5.91 Å². The van der Waals surface area contributed by atoms with E-state index in [0.29, 0.717) is 22.5 Å². The Morgan fingerprint density at radius 1 is 1.12 bits per heavy atom. The molecule has 41 heavy (non-hydrogen) atoms. The van der Waals surface area contributed by atoms with Crippen LogP contribution in [0, 0.1) is 6.92 Å². The van der Waals surface area contributed by atoms with Crippen molar-refractivity contribution in [3.05, 3.63) is 101 Å². The summed E-state index contributed by atoms with van der Waals surface area (Å²) in [7, 11) is 0. The van der Waals surface area contributed by atoms with Gasteiger partial charge in [-0.2, -0.15) is 0 Å². The number of aromatic amines is 1. The van der Waals surface area contributed by atoms with E-state index in [1.165, 1.54) is 12.2 Å². The summed E-state index contributed by atoms with van der Waals surface area (Å²) in [6, 6.07) is 18.5. The largest absolute Gasteiger partial charge is 0.508 e. The number of hydrogen-bond acceptors (Lipinski definition) is 6. The second-order valence-corrected chi connectivity index (χ2v) is 10.9. The number of aliphatic hydroxyl groups is 1. The van der Waals surface area contributed by atoms with Crippen molar-refractivity contribution < 1.29 is 14.3 Å². The molecule has 1 amide bonds. The van der Waals surface area contributed by atoms with E-state index in [1.54, 1.807) is 12.1 Å². The van der Waals surface area contributed by atoms with Crippen LogP contribution in [-0.2, 0) is 0 Å². The lowest BCUT2D eigenvalue weighted by atomic mass is 9.92. The van der Waals surface area contributed by atoms with Crippen LogP contribution in [0.15, 0.2) is 84.1 Å². The number of benzene rings is 2. The summed E-state index contributed by atoms with van der Waals surface area (Å²) in [6.45, 7) is 3.63. The van der Waals surface area contributed by atoms with E-state index in [-0.39, 0.29) is 24.1 Å². The first-order chi connectivity index (χ1) is 19.8. The van der Waals surface area contributed by atoms with Gasteiger partial charge in [0.2, 0.25) is 0 Å². The number of carbonyl (C=O) groups excluding carboxylic acids is 1. The van der Waals surface area contributed by atoms with Crippen molar-refractivity contribution in [1.29, 1.82) is 0 Å². The van der Waals surface area contributed by atoms with Gasteiger partial charge < -0.3 is 26.0 Å². The number of nitrogens with two attached hydrogens (primary N) is 1. The number of halogens is 1. The second kappa shape index (κ2) is 11.2. The molecule has 3 heterocycles. The Kier molecular flexibility index (Phi) is 7.28. The smallest absolute Gasteiger partial charge is 0.252 e. The third kappa shape index (κ3) is 5.71. The first-order valence-corrected chi connectivity index (χ1v) is 13.9. The van der Waals surface area contributed by atoms with Gasteiger partial charge in [0.1, 0.15) is 11.9 Å². The number of piperidine rings is 1. The first-order valence-electron chi connectivity index (χ1n) is 13.9. The number of hydrogen-bond donors (Lipinski definition) is 4. The van der Waals surface area contributed by atoms with Gasteiger partial charge in [0.15, 0.2) is 5.82 Å². The van der Waals surface area contributed by atoms with Crippen LogP contribution >= 0.6 is 0 Å². The number of aromatic nitrogens is 3. The zero-order valence-corrected chi connectivity index (χ0v) is 22.8. The van der Waals surface area contributed by atoms with Crippen LogP contribution in [0.5, 0.6) is 0 Å². The number of carbonyl (C=O) groups is 1. The van der Waals surface area contributed by atoms with Gasteiger partial charge in [0.05, 0.1) is 11.7 Å². The van der Waals surface area contributed by atoms with Gasteiger partial charge in [-0.15, -0.1) is 10.2 Å². The third-order valence-corrected chi connectivity index (χ3v) is 7.84. The maximum absolute atomic E-state index is 14.4. The Hall–Kier alpha value is -4.50. The zero-order chi connectivity index (χ0) is 28.5. The van der Waals surface area contributed by atoms with Crippen molar-refractivity contribution in [2.75, 3.05) is 18.0 Å². The van der Waals surface area contributed by atoms with Gasteiger partial charge in [-0.1, -0.05) is 18.2 Å². The lowest BCUT2D eigenvalue weighted by molar-refractivity contribution is 0.0939. The monoisotopic (exact) mass is 552 g/mol. The molecule has 5 N–H and O–H groups in total. The molecule has 2 atom stereocenters. The number of alkyl halides is 1. The van der Waals surface area contributed by atoms with E-state index >= 15 is 0 Å². The average molecular weight is 553 g/mol. The van der Waals surface area contributed by atoms with E-state index in [9.17, 15) is 14.3 Å². The van der Waals surface area contributed by atoms with Crippen molar-refractivity contribution in [3.8, 4) is 11.3 Å². The molecule has 4 aromatic rings. The summed E-state index contributed by atoms with van der Waals surface area (Å²) in [6.07, 6.45) is 3.26. The molecule has 0 radical (unpaired) electrons. The molecule has 1 fully saturated rings. The Morgan fingerprint density at radius 2 is 1.93 bits per heavy atom. The number of aryl methyl sites for hydroxylation is 1. The number of H-pyrrole nitrogens is 1. The van der Waals surface area contributed by atoms with Gasteiger partial charge in [-0.3, -0.25) is 4.79 Å². The standard InChI is InChI=1S/C32H33FN6O2/c1-19-14-21(27-7-9-30(38-37-27)39-12-10-24(34)11-13-39)16-22(15-19)32(41)36-31(25-18-23(33)6-8-29(25)40)28-17-20-4-2-3-5-26(20)35-28/h2-9,14-17,23-24,31,35,40H,10-13,18,34H2,1H3,(H,36,41)/t23?,31-/m1/s1. The molecule has 9 heteroatoms. The number of para-hydroxylation sites is 1. The van der Waals surface area contributed by atoms with Crippen LogP contribution < -0.4 is 16.0 Å². The number of fused-ring (bicyclic) bond motifs is 1.